The molecule has 1 rings (SSSR count). The molecule has 1 aromatic heterocycles. The van der Waals surface area contributed by atoms with Crippen LogP contribution in [0.3, 0.4) is 0 Å². The van der Waals surface area contributed by atoms with Gasteiger partial charge in [-0.2, -0.15) is 0 Å². The maximum atomic E-state index is 10.9. The number of rotatable bonds is 9. The largest absolute Gasteiger partial charge is 1.00 e. The van der Waals surface area contributed by atoms with E-state index in [1.165, 1.54) is 12.4 Å². The van der Waals surface area contributed by atoms with Gasteiger partial charge in [-0.05, 0) is 19.4 Å². The van der Waals surface area contributed by atoms with E-state index in [4.69, 9.17) is 36.1 Å². The van der Waals surface area contributed by atoms with Gasteiger partial charge in [0, 0.05) is 12.4 Å². The molecule has 0 saturated carbocycles. The van der Waals surface area contributed by atoms with Gasteiger partial charge in [0.25, 0.3) is 5.08 Å². The summed E-state index contributed by atoms with van der Waals surface area (Å²) in [6.45, 7) is -0.353. The molecule has 0 aliphatic rings. The molecule has 0 aromatic carbocycles. The number of carboxylic acid groups (broad SMARTS) is 1. The Morgan fingerprint density at radius 3 is 2.07 bits per heavy atom. The van der Waals surface area contributed by atoms with Crippen LogP contribution in [-0.2, 0) is 20.5 Å². The Kier molecular flexibility index (Phi) is 13.4. The number of carboxylic acids is 1. The van der Waals surface area contributed by atoms with E-state index in [0.29, 0.717) is 13.0 Å². The Labute approximate surface area is 178 Å². The fourth-order valence-corrected chi connectivity index (χ4v) is 3.66. The Balaban J connectivity index is -0.000000458. The minimum absolute atomic E-state index is 0. The van der Waals surface area contributed by atoms with E-state index in [1.807, 2.05) is 0 Å². The van der Waals surface area contributed by atoms with Crippen molar-refractivity contribution in [1.29, 1.82) is 0 Å². The van der Waals surface area contributed by atoms with E-state index >= 15 is 0 Å². The van der Waals surface area contributed by atoms with Crippen molar-refractivity contribution in [3.63, 3.8) is 0 Å². The summed E-state index contributed by atoms with van der Waals surface area (Å²) < 4.78 is 22.8. The molecule has 0 bridgehead atoms. The second-order valence-electron chi connectivity index (χ2n) is 5.33. The maximum Gasteiger partial charge on any atom is 1.00 e. The Bertz CT molecular complexity index is 632. The van der Waals surface area contributed by atoms with Crippen LogP contribution >= 0.6 is 15.2 Å². The number of aromatic nitrogens is 2. The molecule has 0 unspecified atom stereocenters. The zero-order valence-electron chi connectivity index (χ0n) is 15.7. The third-order valence-corrected chi connectivity index (χ3v) is 6.89. The standard InChI is InChI=1S/C6H14N2O2.C5H10N2O7P2.Na.H/c7-4-2-1-3-5(8)6(9)10;8-5(15(9,10)11,16(12,13)14)3-7-2-1-6-4-7;;/h5H,1-4,7-8H2,(H,9,10);1-2,4,8H,3H2,(H2,9,10,11)(H2,12,13,14);;/q;;+1;-1/t5-;;;/m0.../s1. The molecule has 0 aliphatic heterocycles. The predicted octanol–water partition coefficient (Wildman–Crippen LogP) is -4.47. The van der Waals surface area contributed by atoms with Crippen LogP contribution in [-0.4, -0.2) is 63.0 Å². The zero-order valence-corrected chi connectivity index (χ0v) is 18.5. The van der Waals surface area contributed by atoms with Crippen LogP contribution in [0.2, 0.25) is 0 Å². The first-order valence-corrected chi connectivity index (χ1v) is 10.5. The molecule has 27 heavy (non-hydrogen) atoms. The number of hydrogen-bond donors (Lipinski definition) is 8. The van der Waals surface area contributed by atoms with E-state index in [1.54, 1.807) is 0 Å². The normalized spacial score (nSPS) is 13.1. The van der Waals surface area contributed by atoms with Crippen LogP contribution in [0.5, 0.6) is 0 Å². The second kappa shape index (κ2) is 12.4. The average Bonchev–Trinajstić information content (AvgIpc) is 2.98. The molecule has 1 heterocycles. The summed E-state index contributed by atoms with van der Waals surface area (Å²) in [4.78, 5) is 48.9. The summed E-state index contributed by atoms with van der Waals surface area (Å²) in [6, 6.07) is -0.716. The molecule has 0 aliphatic carbocycles. The van der Waals surface area contributed by atoms with Crippen LogP contribution in [0.1, 0.15) is 20.7 Å². The van der Waals surface area contributed by atoms with Gasteiger partial charge >= 0.3 is 50.7 Å². The molecule has 1 atom stereocenters. The molecule has 0 amide bonds. The topological polar surface area (TPSA) is 242 Å². The van der Waals surface area contributed by atoms with Crippen molar-refractivity contribution < 1.29 is 74.7 Å². The Hall–Kier alpha value is -0.140. The Morgan fingerprint density at radius 2 is 1.74 bits per heavy atom. The van der Waals surface area contributed by atoms with Gasteiger partial charge in [-0.3, -0.25) is 13.9 Å². The number of aliphatic hydroxyl groups is 1. The number of nitrogens with two attached hydrogens (primary N) is 2. The minimum atomic E-state index is -5.41. The van der Waals surface area contributed by atoms with Gasteiger partial charge in [-0.1, -0.05) is 6.42 Å². The molecular weight excluding hydrogens is 417 g/mol. The van der Waals surface area contributed by atoms with Gasteiger partial charge in [-0.15, -0.1) is 0 Å². The molecular formula is C11H25N4NaO9P2. The Morgan fingerprint density at radius 1 is 1.22 bits per heavy atom. The number of unbranched alkanes of at least 4 members (excludes halogenated alkanes) is 1. The fourth-order valence-electron chi connectivity index (χ4n) is 1.61. The summed E-state index contributed by atoms with van der Waals surface area (Å²) in [5.41, 5.74) is 10.4. The van der Waals surface area contributed by atoms with Crippen LogP contribution in [0.4, 0.5) is 0 Å². The van der Waals surface area contributed by atoms with Crippen LogP contribution in [0.15, 0.2) is 18.7 Å². The molecule has 13 nitrogen and oxygen atoms in total. The number of hydrogen-bond acceptors (Lipinski definition) is 7. The summed E-state index contributed by atoms with van der Waals surface area (Å²) in [7, 11) is -10.8. The molecule has 16 heteroatoms. The van der Waals surface area contributed by atoms with Crippen molar-refractivity contribution in [2.45, 2.75) is 36.9 Å². The van der Waals surface area contributed by atoms with Crippen LogP contribution in [0.25, 0.3) is 0 Å². The predicted molar refractivity (Wildman–Crippen MR) is 90.9 cm³/mol. The van der Waals surface area contributed by atoms with Gasteiger partial charge < -0.3 is 47.2 Å². The third kappa shape index (κ3) is 9.75. The average molecular weight is 442 g/mol. The van der Waals surface area contributed by atoms with E-state index in [0.717, 1.165) is 23.7 Å². The molecule has 0 fully saturated rings. The van der Waals surface area contributed by atoms with E-state index in [-0.39, 0.29) is 31.0 Å². The summed E-state index contributed by atoms with van der Waals surface area (Å²) in [6.07, 6.45) is 5.67. The second-order valence-corrected chi connectivity index (χ2v) is 9.34. The van der Waals surface area contributed by atoms with Crippen molar-refractivity contribution >= 4 is 21.2 Å². The molecule has 0 radical (unpaired) electrons. The first kappa shape index (κ1) is 29.1. The number of nitrogens with zero attached hydrogens (tertiary/aromatic N) is 2. The fraction of sp³-hybridized carbons (Fsp3) is 0.636. The molecule has 1 aromatic rings. The van der Waals surface area contributed by atoms with Gasteiger partial charge in [0.15, 0.2) is 0 Å². The monoisotopic (exact) mass is 442 g/mol. The van der Waals surface area contributed by atoms with Crippen LogP contribution < -0.4 is 41.0 Å². The first-order chi connectivity index (χ1) is 11.8. The van der Waals surface area contributed by atoms with Gasteiger partial charge in [0.2, 0.25) is 0 Å². The van der Waals surface area contributed by atoms with Crippen molar-refractivity contribution in [3.8, 4) is 0 Å². The van der Waals surface area contributed by atoms with Gasteiger partial charge in [0.1, 0.15) is 6.04 Å². The van der Waals surface area contributed by atoms with Crippen LogP contribution in [0, 0.1) is 0 Å². The molecule has 154 valence electrons. The van der Waals surface area contributed by atoms with Crippen molar-refractivity contribution in [3.05, 3.63) is 18.7 Å². The zero-order chi connectivity index (χ0) is 20.6. The minimum Gasteiger partial charge on any atom is -1.00 e. The third-order valence-electron chi connectivity index (χ3n) is 3.17. The summed E-state index contributed by atoms with van der Waals surface area (Å²) in [5, 5.41) is 14.4. The number of aliphatic carboxylic acids is 1. The van der Waals surface area contributed by atoms with Crippen molar-refractivity contribution in [2.24, 2.45) is 11.5 Å². The number of imidazole rings is 1. The quantitative estimate of drug-likeness (QED) is 0.103. The summed E-state index contributed by atoms with van der Waals surface area (Å²) >= 11 is 0. The molecule has 0 spiro atoms. The smallest absolute Gasteiger partial charge is 1.00 e. The van der Waals surface area contributed by atoms with E-state index in [2.05, 4.69) is 4.98 Å². The van der Waals surface area contributed by atoms with Crippen molar-refractivity contribution in [1.82, 2.24) is 9.55 Å². The van der Waals surface area contributed by atoms with E-state index < -0.39 is 38.8 Å². The van der Waals surface area contributed by atoms with Crippen molar-refractivity contribution in [2.75, 3.05) is 6.54 Å². The molecule has 10 N–H and O–H groups in total. The van der Waals surface area contributed by atoms with E-state index in [9.17, 15) is 19.0 Å². The first-order valence-electron chi connectivity index (χ1n) is 7.24. The number of carbonyl (C=O) groups is 1. The SMILES string of the molecule is NCCCC[C@H](N)C(=O)O.O=P(O)(O)C(O)(Cn1ccnc1)P(=O)(O)O.[H-].[Na+]. The van der Waals surface area contributed by atoms with Gasteiger partial charge in [0.05, 0.1) is 12.9 Å². The van der Waals surface area contributed by atoms with Gasteiger partial charge in [-0.25, -0.2) is 4.98 Å². The maximum absolute atomic E-state index is 10.9. The molecule has 0 saturated heterocycles. The summed E-state index contributed by atoms with van der Waals surface area (Å²) in [5.74, 6) is -0.933.